The highest BCUT2D eigenvalue weighted by atomic mass is 16.3. The van der Waals surface area contributed by atoms with Crippen molar-refractivity contribution in [3.63, 3.8) is 0 Å². The maximum atomic E-state index is 11.0. The number of carbonyl (C=O) groups excluding carboxylic acids is 1. The number of aliphatic hydroxyl groups excluding tert-OH is 2. The fraction of sp³-hybridized carbons (Fsp3) is 0.700. The standard InChI is InChI=1S/C10H17NO3/c1-2-11-10(14)4-3-7-5-8(12)9(13)6-7/h3-4,7-9,12-13H,2,5-6H2,1H3,(H,11,14)/b4-3+/t7?,8-,9+. The summed E-state index contributed by atoms with van der Waals surface area (Å²) in [5, 5.41) is 21.1. The van der Waals surface area contributed by atoms with Crippen LogP contribution in [0.1, 0.15) is 19.8 Å². The Morgan fingerprint density at radius 1 is 1.43 bits per heavy atom. The Hall–Kier alpha value is -0.870. The third-order valence-electron chi connectivity index (χ3n) is 2.40. The van der Waals surface area contributed by atoms with Crippen LogP contribution in [0, 0.1) is 5.92 Å². The molecule has 14 heavy (non-hydrogen) atoms. The maximum absolute atomic E-state index is 11.0. The monoisotopic (exact) mass is 199 g/mol. The van der Waals surface area contributed by atoms with Crippen molar-refractivity contribution < 1.29 is 15.0 Å². The number of nitrogens with one attached hydrogen (secondary N) is 1. The number of rotatable bonds is 3. The van der Waals surface area contributed by atoms with E-state index in [1.54, 1.807) is 6.08 Å². The SMILES string of the molecule is CCNC(=O)/C=C/C1C[C@@H](O)[C@@H](O)C1. The van der Waals surface area contributed by atoms with Crippen molar-refractivity contribution in [2.75, 3.05) is 6.54 Å². The summed E-state index contributed by atoms with van der Waals surface area (Å²) in [6.07, 6.45) is 3.02. The molecule has 0 aromatic rings. The molecule has 0 bridgehead atoms. The van der Waals surface area contributed by atoms with Crippen LogP contribution >= 0.6 is 0 Å². The summed E-state index contributed by atoms with van der Waals surface area (Å²) in [6, 6.07) is 0. The minimum absolute atomic E-state index is 0.114. The minimum Gasteiger partial charge on any atom is -0.390 e. The van der Waals surface area contributed by atoms with Gasteiger partial charge in [-0.25, -0.2) is 0 Å². The number of carbonyl (C=O) groups is 1. The number of aliphatic hydroxyl groups is 2. The highest BCUT2D eigenvalue weighted by Crippen LogP contribution is 2.26. The zero-order chi connectivity index (χ0) is 10.6. The first-order valence-corrected chi connectivity index (χ1v) is 4.95. The second kappa shape index (κ2) is 5.12. The Bertz CT molecular complexity index is 217. The lowest BCUT2D eigenvalue weighted by Crippen LogP contribution is -2.20. The van der Waals surface area contributed by atoms with Gasteiger partial charge in [-0.1, -0.05) is 6.08 Å². The van der Waals surface area contributed by atoms with Crippen molar-refractivity contribution in [1.29, 1.82) is 0 Å². The number of amides is 1. The second-order valence-corrected chi connectivity index (χ2v) is 3.62. The van der Waals surface area contributed by atoms with Crippen LogP contribution in [0.4, 0.5) is 0 Å². The van der Waals surface area contributed by atoms with Crippen LogP contribution in [0.15, 0.2) is 12.2 Å². The van der Waals surface area contributed by atoms with Crippen LogP contribution in [0.5, 0.6) is 0 Å². The molecule has 0 aromatic heterocycles. The first kappa shape index (κ1) is 11.2. The smallest absolute Gasteiger partial charge is 0.243 e. The summed E-state index contributed by atoms with van der Waals surface area (Å²) in [4.78, 5) is 11.0. The lowest BCUT2D eigenvalue weighted by molar-refractivity contribution is -0.116. The molecule has 1 rings (SSSR count). The quantitative estimate of drug-likeness (QED) is 0.552. The summed E-state index contributed by atoms with van der Waals surface area (Å²) >= 11 is 0. The van der Waals surface area contributed by atoms with Gasteiger partial charge < -0.3 is 15.5 Å². The van der Waals surface area contributed by atoms with E-state index in [0.717, 1.165) is 0 Å². The van der Waals surface area contributed by atoms with Crippen LogP contribution in [0.25, 0.3) is 0 Å². The van der Waals surface area contributed by atoms with Gasteiger partial charge in [0.25, 0.3) is 0 Å². The zero-order valence-corrected chi connectivity index (χ0v) is 8.31. The summed E-state index contributed by atoms with van der Waals surface area (Å²) in [6.45, 7) is 2.47. The first-order valence-electron chi connectivity index (χ1n) is 4.95. The van der Waals surface area contributed by atoms with E-state index in [1.807, 2.05) is 6.92 Å². The van der Waals surface area contributed by atoms with E-state index in [1.165, 1.54) is 6.08 Å². The molecule has 1 aliphatic rings. The van der Waals surface area contributed by atoms with E-state index in [2.05, 4.69) is 5.32 Å². The molecule has 0 aliphatic heterocycles. The van der Waals surface area contributed by atoms with Crippen LogP contribution in [0.3, 0.4) is 0 Å². The van der Waals surface area contributed by atoms with Crippen molar-refractivity contribution in [2.24, 2.45) is 5.92 Å². The van der Waals surface area contributed by atoms with Gasteiger partial charge in [0, 0.05) is 6.54 Å². The molecule has 3 atom stereocenters. The number of likely N-dealkylation sites (N-methyl/N-ethyl adjacent to an activating group) is 1. The number of hydrogen-bond acceptors (Lipinski definition) is 3. The highest BCUT2D eigenvalue weighted by Gasteiger charge is 2.29. The van der Waals surface area contributed by atoms with E-state index < -0.39 is 12.2 Å². The van der Waals surface area contributed by atoms with Gasteiger partial charge in [0.15, 0.2) is 0 Å². The van der Waals surface area contributed by atoms with Gasteiger partial charge in [0.2, 0.25) is 5.91 Å². The lowest BCUT2D eigenvalue weighted by atomic mass is 10.1. The summed E-state index contributed by atoms with van der Waals surface area (Å²) in [5.74, 6) is -0.00835. The molecule has 1 unspecified atom stereocenters. The van der Waals surface area contributed by atoms with E-state index >= 15 is 0 Å². The second-order valence-electron chi connectivity index (χ2n) is 3.62. The van der Waals surface area contributed by atoms with Crippen molar-refractivity contribution >= 4 is 5.91 Å². The predicted octanol–water partition coefficient (Wildman–Crippen LogP) is -0.190. The fourth-order valence-corrected chi connectivity index (χ4v) is 1.64. The van der Waals surface area contributed by atoms with Gasteiger partial charge in [0.1, 0.15) is 0 Å². The highest BCUT2D eigenvalue weighted by molar-refractivity contribution is 5.87. The Kier molecular flexibility index (Phi) is 4.10. The van der Waals surface area contributed by atoms with Crippen LogP contribution in [-0.4, -0.2) is 34.9 Å². The van der Waals surface area contributed by atoms with Crippen LogP contribution < -0.4 is 5.32 Å². The molecule has 1 fully saturated rings. The maximum Gasteiger partial charge on any atom is 0.243 e. The third-order valence-corrected chi connectivity index (χ3v) is 2.40. The Morgan fingerprint density at radius 2 is 2.00 bits per heavy atom. The summed E-state index contributed by atoms with van der Waals surface area (Å²) in [5.41, 5.74) is 0. The third kappa shape index (κ3) is 3.12. The van der Waals surface area contributed by atoms with Crippen molar-refractivity contribution in [2.45, 2.75) is 32.0 Å². The number of allylic oxidation sites excluding steroid dienone is 1. The lowest BCUT2D eigenvalue weighted by Gasteiger charge is -2.03. The Morgan fingerprint density at radius 3 is 2.50 bits per heavy atom. The largest absolute Gasteiger partial charge is 0.390 e. The number of hydrogen-bond donors (Lipinski definition) is 3. The molecule has 0 aromatic carbocycles. The average Bonchev–Trinajstić information content (AvgIpc) is 2.44. The van der Waals surface area contributed by atoms with E-state index in [9.17, 15) is 15.0 Å². The Labute approximate surface area is 83.6 Å². The van der Waals surface area contributed by atoms with E-state index in [4.69, 9.17) is 0 Å². The van der Waals surface area contributed by atoms with Gasteiger partial charge in [-0.05, 0) is 31.8 Å². The molecule has 1 saturated carbocycles. The molecule has 1 aliphatic carbocycles. The summed E-state index contributed by atoms with van der Waals surface area (Å²) in [7, 11) is 0. The van der Waals surface area contributed by atoms with Crippen LogP contribution in [0.2, 0.25) is 0 Å². The van der Waals surface area contributed by atoms with Gasteiger partial charge >= 0.3 is 0 Å². The topological polar surface area (TPSA) is 69.6 Å². The molecular weight excluding hydrogens is 182 g/mol. The molecule has 1 amide bonds. The minimum atomic E-state index is -0.640. The molecule has 4 heteroatoms. The molecule has 3 N–H and O–H groups in total. The molecule has 0 heterocycles. The van der Waals surface area contributed by atoms with Crippen molar-refractivity contribution in [3.05, 3.63) is 12.2 Å². The molecule has 0 spiro atoms. The van der Waals surface area contributed by atoms with Crippen molar-refractivity contribution in [3.8, 4) is 0 Å². The van der Waals surface area contributed by atoms with Gasteiger partial charge in [0.05, 0.1) is 12.2 Å². The molecule has 4 nitrogen and oxygen atoms in total. The van der Waals surface area contributed by atoms with Crippen LogP contribution in [-0.2, 0) is 4.79 Å². The summed E-state index contributed by atoms with van der Waals surface area (Å²) < 4.78 is 0. The average molecular weight is 199 g/mol. The molecule has 0 saturated heterocycles. The Balaban J connectivity index is 2.35. The van der Waals surface area contributed by atoms with E-state index in [-0.39, 0.29) is 11.8 Å². The van der Waals surface area contributed by atoms with Crippen molar-refractivity contribution in [1.82, 2.24) is 5.32 Å². The van der Waals surface area contributed by atoms with Gasteiger partial charge in [-0.3, -0.25) is 4.79 Å². The molecule has 0 radical (unpaired) electrons. The predicted molar refractivity (Wildman–Crippen MR) is 52.6 cm³/mol. The first-order chi connectivity index (χ1) is 6.63. The zero-order valence-electron chi connectivity index (χ0n) is 8.31. The van der Waals surface area contributed by atoms with E-state index in [0.29, 0.717) is 19.4 Å². The molecule has 80 valence electrons. The van der Waals surface area contributed by atoms with Gasteiger partial charge in [-0.2, -0.15) is 0 Å². The normalized spacial score (nSPS) is 32.4. The molecular formula is C10H17NO3. The van der Waals surface area contributed by atoms with Gasteiger partial charge in [-0.15, -0.1) is 0 Å². The fourth-order valence-electron chi connectivity index (χ4n) is 1.64.